The Hall–Kier alpha value is -2.05. The van der Waals surface area contributed by atoms with Crippen molar-refractivity contribution in [1.29, 1.82) is 0 Å². The van der Waals surface area contributed by atoms with Crippen molar-refractivity contribution in [2.24, 2.45) is 0 Å². The van der Waals surface area contributed by atoms with Gasteiger partial charge in [0, 0.05) is 0 Å². The summed E-state index contributed by atoms with van der Waals surface area (Å²) in [5.74, 6) is -0.543. The van der Waals surface area contributed by atoms with Gasteiger partial charge < -0.3 is 4.74 Å². The third kappa shape index (κ3) is 2.38. The Morgan fingerprint density at radius 3 is 2.29 bits per heavy atom. The van der Waals surface area contributed by atoms with Crippen molar-refractivity contribution < 1.29 is 17.9 Å². The average Bonchev–Trinajstić information content (AvgIpc) is 2.78. The minimum atomic E-state index is -4.53. The molecule has 2 rings (SSSR count). The quantitative estimate of drug-likeness (QED) is 0.812. The van der Waals surface area contributed by atoms with E-state index in [1.807, 2.05) is 0 Å². The summed E-state index contributed by atoms with van der Waals surface area (Å²) in [5, 5.41) is 3.35. The van der Waals surface area contributed by atoms with Gasteiger partial charge >= 0.3 is 6.18 Å². The highest BCUT2D eigenvalue weighted by Gasteiger charge is 2.35. The Labute approximate surface area is 94.7 Å². The molecule has 0 saturated heterocycles. The van der Waals surface area contributed by atoms with Crippen LogP contribution in [0, 0.1) is 0 Å². The Morgan fingerprint density at radius 1 is 1.18 bits per heavy atom. The molecule has 0 saturated carbocycles. The topological polar surface area (TPSA) is 39.9 Å². The Kier molecular flexibility index (Phi) is 2.74. The molecule has 0 N–H and O–H groups in total. The number of rotatable bonds is 2. The zero-order valence-corrected chi connectivity index (χ0v) is 8.77. The van der Waals surface area contributed by atoms with Crippen molar-refractivity contribution in [3.63, 3.8) is 0 Å². The largest absolute Gasteiger partial charge is 0.497 e. The SMILES string of the molecule is COc1ccc(-n2cnc(C(F)(F)F)n2)cc1. The van der Waals surface area contributed by atoms with Crippen molar-refractivity contribution in [3.05, 3.63) is 36.4 Å². The highest BCUT2D eigenvalue weighted by molar-refractivity contribution is 5.36. The van der Waals surface area contributed by atoms with Gasteiger partial charge in [0.05, 0.1) is 12.8 Å². The highest BCUT2D eigenvalue weighted by atomic mass is 19.4. The number of nitrogens with zero attached hydrogens (tertiary/aromatic N) is 3. The molecule has 0 radical (unpaired) electrons. The predicted molar refractivity (Wildman–Crippen MR) is 52.9 cm³/mol. The number of hydrogen-bond acceptors (Lipinski definition) is 3. The van der Waals surface area contributed by atoms with Gasteiger partial charge in [-0.1, -0.05) is 0 Å². The van der Waals surface area contributed by atoms with E-state index in [0.29, 0.717) is 11.4 Å². The number of methoxy groups -OCH3 is 1. The minimum absolute atomic E-state index is 0.480. The van der Waals surface area contributed by atoms with Crippen LogP contribution in [0.1, 0.15) is 5.82 Å². The first-order chi connectivity index (χ1) is 8.00. The fraction of sp³-hybridized carbons (Fsp3) is 0.200. The molecule has 0 bridgehead atoms. The van der Waals surface area contributed by atoms with Crippen LogP contribution in [0.15, 0.2) is 30.6 Å². The third-order valence-corrected chi connectivity index (χ3v) is 2.08. The molecular weight excluding hydrogens is 235 g/mol. The van der Waals surface area contributed by atoms with Gasteiger partial charge in [-0.2, -0.15) is 13.2 Å². The van der Waals surface area contributed by atoms with Crippen LogP contribution in [0.3, 0.4) is 0 Å². The minimum Gasteiger partial charge on any atom is -0.497 e. The first-order valence-electron chi connectivity index (χ1n) is 4.64. The summed E-state index contributed by atoms with van der Waals surface area (Å²) in [5.41, 5.74) is 0.480. The van der Waals surface area contributed by atoms with Crippen LogP contribution in [0.2, 0.25) is 0 Å². The third-order valence-electron chi connectivity index (χ3n) is 2.08. The van der Waals surface area contributed by atoms with Gasteiger partial charge in [0.25, 0.3) is 5.82 Å². The Morgan fingerprint density at radius 2 is 1.82 bits per heavy atom. The molecule has 0 atom stereocenters. The van der Waals surface area contributed by atoms with E-state index in [4.69, 9.17) is 4.74 Å². The molecule has 0 spiro atoms. The zero-order chi connectivity index (χ0) is 12.5. The maximum Gasteiger partial charge on any atom is 0.453 e. The van der Waals surface area contributed by atoms with Crippen LogP contribution in [0.4, 0.5) is 13.2 Å². The van der Waals surface area contributed by atoms with E-state index in [2.05, 4.69) is 10.1 Å². The molecule has 0 aliphatic rings. The van der Waals surface area contributed by atoms with Crippen LogP contribution in [0.5, 0.6) is 5.75 Å². The van der Waals surface area contributed by atoms with Gasteiger partial charge in [-0.3, -0.25) is 0 Å². The van der Waals surface area contributed by atoms with E-state index in [9.17, 15) is 13.2 Å². The van der Waals surface area contributed by atoms with Crippen molar-refractivity contribution in [1.82, 2.24) is 14.8 Å². The molecule has 0 unspecified atom stereocenters. The molecule has 1 aromatic carbocycles. The van der Waals surface area contributed by atoms with E-state index in [1.165, 1.54) is 7.11 Å². The predicted octanol–water partition coefficient (Wildman–Crippen LogP) is 2.29. The van der Waals surface area contributed by atoms with Crippen molar-refractivity contribution >= 4 is 0 Å². The Balaban J connectivity index is 2.30. The molecule has 7 heteroatoms. The summed E-state index contributed by atoms with van der Waals surface area (Å²) in [4.78, 5) is 3.20. The molecule has 90 valence electrons. The van der Waals surface area contributed by atoms with Crippen LogP contribution >= 0.6 is 0 Å². The van der Waals surface area contributed by atoms with Crippen molar-refractivity contribution in [3.8, 4) is 11.4 Å². The molecule has 0 aliphatic heterocycles. The Bertz CT molecular complexity index is 504. The van der Waals surface area contributed by atoms with Gasteiger partial charge in [0.2, 0.25) is 0 Å². The van der Waals surface area contributed by atoms with Gasteiger partial charge in [0.1, 0.15) is 12.1 Å². The first kappa shape index (κ1) is 11.4. The summed E-state index contributed by atoms with van der Waals surface area (Å²) in [6, 6.07) is 6.44. The number of alkyl halides is 3. The molecule has 0 amide bonds. The van der Waals surface area contributed by atoms with Gasteiger partial charge in [0.15, 0.2) is 0 Å². The summed E-state index contributed by atoms with van der Waals surface area (Å²) < 4.78 is 42.8. The molecule has 1 heterocycles. The zero-order valence-electron chi connectivity index (χ0n) is 8.77. The first-order valence-corrected chi connectivity index (χ1v) is 4.64. The molecule has 17 heavy (non-hydrogen) atoms. The standard InChI is InChI=1S/C10H8F3N3O/c1-17-8-4-2-7(3-5-8)16-6-14-9(15-16)10(11,12)13/h2-6H,1H3. The molecule has 0 aliphatic carbocycles. The molecule has 0 fully saturated rings. The van der Waals surface area contributed by atoms with Gasteiger partial charge in [-0.15, -0.1) is 5.10 Å². The lowest BCUT2D eigenvalue weighted by molar-refractivity contribution is -0.144. The van der Waals surface area contributed by atoms with Gasteiger partial charge in [-0.05, 0) is 24.3 Å². The summed E-state index contributed by atoms with van der Waals surface area (Å²) in [7, 11) is 1.51. The molecule has 2 aromatic rings. The van der Waals surface area contributed by atoms with Crippen LogP contribution < -0.4 is 4.74 Å². The number of aromatic nitrogens is 3. The van der Waals surface area contributed by atoms with E-state index >= 15 is 0 Å². The molecular formula is C10H8F3N3O. The van der Waals surface area contributed by atoms with Crippen LogP contribution in [-0.2, 0) is 6.18 Å². The summed E-state index contributed by atoms with van der Waals surface area (Å²) in [6.45, 7) is 0. The molecule has 4 nitrogen and oxygen atoms in total. The average molecular weight is 243 g/mol. The smallest absolute Gasteiger partial charge is 0.453 e. The van der Waals surface area contributed by atoms with E-state index in [1.54, 1.807) is 24.3 Å². The lowest BCUT2D eigenvalue weighted by Crippen LogP contribution is -2.08. The lowest BCUT2D eigenvalue weighted by Gasteiger charge is -2.03. The monoisotopic (exact) mass is 243 g/mol. The fourth-order valence-electron chi connectivity index (χ4n) is 1.25. The fourth-order valence-corrected chi connectivity index (χ4v) is 1.25. The number of ether oxygens (including phenoxy) is 1. The highest BCUT2D eigenvalue weighted by Crippen LogP contribution is 2.26. The van der Waals surface area contributed by atoms with Crippen LogP contribution in [0.25, 0.3) is 5.69 Å². The maximum absolute atomic E-state index is 12.3. The second-order valence-electron chi connectivity index (χ2n) is 3.21. The number of halogens is 3. The normalized spacial score (nSPS) is 11.5. The second-order valence-corrected chi connectivity index (χ2v) is 3.21. The van der Waals surface area contributed by atoms with E-state index in [0.717, 1.165) is 11.0 Å². The summed E-state index contributed by atoms with van der Waals surface area (Å²) >= 11 is 0. The number of benzene rings is 1. The lowest BCUT2D eigenvalue weighted by atomic mass is 10.3. The number of hydrogen-bond donors (Lipinski definition) is 0. The van der Waals surface area contributed by atoms with Gasteiger partial charge in [-0.25, -0.2) is 9.67 Å². The van der Waals surface area contributed by atoms with E-state index in [-0.39, 0.29) is 0 Å². The molecule has 1 aromatic heterocycles. The van der Waals surface area contributed by atoms with Crippen molar-refractivity contribution in [2.45, 2.75) is 6.18 Å². The maximum atomic E-state index is 12.3. The van der Waals surface area contributed by atoms with Crippen molar-refractivity contribution in [2.75, 3.05) is 7.11 Å². The van der Waals surface area contributed by atoms with E-state index < -0.39 is 12.0 Å². The van der Waals surface area contributed by atoms with Crippen LogP contribution in [-0.4, -0.2) is 21.9 Å². The summed E-state index contributed by atoms with van der Waals surface area (Å²) in [6.07, 6.45) is -3.51. The second kappa shape index (κ2) is 4.08.